The van der Waals surface area contributed by atoms with Crippen molar-refractivity contribution in [1.82, 2.24) is 15.0 Å². The second kappa shape index (κ2) is 13.0. The maximum atomic E-state index is 7.62. The fourth-order valence-corrected chi connectivity index (χ4v) is 10.2. The van der Waals surface area contributed by atoms with Crippen molar-refractivity contribution in [3.05, 3.63) is 227 Å². The summed E-state index contributed by atoms with van der Waals surface area (Å²) >= 11 is 0. The molecule has 0 saturated carbocycles. The van der Waals surface area contributed by atoms with Gasteiger partial charge in [-0.25, -0.2) is 19.8 Å². The Kier molecular flexibility index (Phi) is 7.49. The molecule has 8 aromatic carbocycles. The predicted octanol–water partition coefficient (Wildman–Crippen LogP) is 13.9. The van der Waals surface area contributed by atoms with E-state index in [4.69, 9.17) is 26.3 Å². The fourth-order valence-electron chi connectivity index (χ4n) is 10.2. The first kappa shape index (κ1) is 35.0. The molecule has 0 N–H and O–H groups in total. The summed E-state index contributed by atoms with van der Waals surface area (Å²) in [6.07, 6.45) is 0. The van der Waals surface area contributed by atoms with Crippen molar-refractivity contribution >= 4 is 5.69 Å². The van der Waals surface area contributed by atoms with Crippen molar-refractivity contribution in [1.29, 1.82) is 0 Å². The SMILES string of the molecule is [C-]#[N+]c1ccc2c(c1)C(C)(C)c1cc(-c3cccc(-c4nc(-c5ccccc5)nc(-c5cccc6c5-c5ccccc5C65c6ccccc6Oc6ccccc65)n4)c3)ccc1-2. The molecule has 1 aromatic heterocycles. The first-order chi connectivity index (χ1) is 29.9. The van der Waals surface area contributed by atoms with Crippen LogP contribution in [-0.4, -0.2) is 15.0 Å². The minimum absolute atomic E-state index is 0.241. The lowest BCUT2D eigenvalue weighted by atomic mass is 9.66. The highest BCUT2D eigenvalue weighted by Crippen LogP contribution is 2.63. The molecular formula is C56H36N4O. The van der Waals surface area contributed by atoms with E-state index in [1.54, 1.807) is 0 Å². The maximum Gasteiger partial charge on any atom is 0.187 e. The van der Waals surface area contributed by atoms with Crippen LogP contribution in [0.15, 0.2) is 182 Å². The number of ether oxygens (including phenoxy) is 1. The van der Waals surface area contributed by atoms with Crippen molar-refractivity contribution in [2.24, 2.45) is 0 Å². The van der Waals surface area contributed by atoms with Gasteiger partial charge >= 0.3 is 0 Å². The molecule has 286 valence electrons. The van der Waals surface area contributed by atoms with Crippen LogP contribution < -0.4 is 4.74 Å². The smallest absolute Gasteiger partial charge is 0.187 e. The minimum Gasteiger partial charge on any atom is -0.457 e. The van der Waals surface area contributed by atoms with E-state index in [1.807, 2.05) is 42.5 Å². The Morgan fingerprint density at radius 3 is 1.70 bits per heavy atom. The van der Waals surface area contributed by atoms with E-state index in [-0.39, 0.29) is 5.41 Å². The lowest BCUT2D eigenvalue weighted by Gasteiger charge is -2.39. The Morgan fingerprint density at radius 1 is 0.410 bits per heavy atom. The van der Waals surface area contributed by atoms with Crippen LogP contribution in [0.5, 0.6) is 11.5 Å². The topological polar surface area (TPSA) is 52.3 Å². The summed E-state index contributed by atoms with van der Waals surface area (Å²) in [4.78, 5) is 19.5. The van der Waals surface area contributed by atoms with E-state index in [9.17, 15) is 0 Å². The molecular weight excluding hydrogens is 745 g/mol. The van der Waals surface area contributed by atoms with Gasteiger partial charge in [0.25, 0.3) is 0 Å². The summed E-state index contributed by atoms with van der Waals surface area (Å²) in [7, 11) is 0. The van der Waals surface area contributed by atoms with Gasteiger partial charge in [0.1, 0.15) is 11.5 Å². The number of para-hydroxylation sites is 2. The van der Waals surface area contributed by atoms with Gasteiger partial charge in [0.2, 0.25) is 0 Å². The van der Waals surface area contributed by atoms with Gasteiger partial charge in [-0.1, -0.05) is 172 Å². The van der Waals surface area contributed by atoms with E-state index in [0.29, 0.717) is 23.2 Å². The third-order valence-electron chi connectivity index (χ3n) is 13.0. The Hall–Kier alpha value is -7.94. The van der Waals surface area contributed by atoms with Gasteiger partial charge in [0.15, 0.2) is 23.2 Å². The van der Waals surface area contributed by atoms with Crippen molar-refractivity contribution in [2.75, 3.05) is 0 Å². The van der Waals surface area contributed by atoms with Crippen molar-refractivity contribution < 1.29 is 4.74 Å². The minimum atomic E-state index is -0.606. The number of aromatic nitrogens is 3. The number of benzene rings is 8. The van der Waals surface area contributed by atoms with E-state index in [1.165, 1.54) is 33.4 Å². The molecule has 2 aliphatic carbocycles. The monoisotopic (exact) mass is 780 g/mol. The van der Waals surface area contributed by atoms with Gasteiger partial charge in [-0.15, -0.1) is 0 Å². The molecule has 0 radical (unpaired) electrons. The lowest BCUT2D eigenvalue weighted by Crippen LogP contribution is -2.32. The molecule has 0 fully saturated rings. The van der Waals surface area contributed by atoms with Crippen molar-refractivity contribution in [3.63, 3.8) is 0 Å². The summed E-state index contributed by atoms with van der Waals surface area (Å²) in [5, 5.41) is 0. The second-order valence-electron chi connectivity index (χ2n) is 16.6. The molecule has 0 atom stereocenters. The molecule has 1 spiro atoms. The van der Waals surface area contributed by atoms with E-state index in [2.05, 4.69) is 158 Å². The van der Waals surface area contributed by atoms with E-state index >= 15 is 0 Å². The Morgan fingerprint density at radius 2 is 0.951 bits per heavy atom. The number of hydrogen-bond donors (Lipinski definition) is 0. The highest BCUT2D eigenvalue weighted by Gasteiger charge is 2.51. The zero-order chi connectivity index (χ0) is 40.9. The average molecular weight is 781 g/mol. The van der Waals surface area contributed by atoms with Gasteiger partial charge in [0, 0.05) is 33.2 Å². The normalized spacial score (nSPS) is 14.1. The van der Waals surface area contributed by atoms with Crippen molar-refractivity contribution in [2.45, 2.75) is 24.7 Å². The highest BCUT2D eigenvalue weighted by atomic mass is 16.5. The van der Waals surface area contributed by atoms with Crippen LogP contribution in [0.1, 0.15) is 47.2 Å². The molecule has 0 amide bonds. The number of rotatable bonds is 4. The first-order valence-corrected chi connectivity index (χ1v) is 20.6. The van der Waals surface area contributed by atoms with Crippen LogP contribution in [-0.2, 0) is 10.8 Å². The quantitative estimate of drug-likeness (QED) is 0.167. The zero-order valence-electron chi connectivity index (χ0n) is 33.5. The summed E-state index contributed by atoms with van der Waals surface area (Å²) in [5.41, 5.74) is 16.5. The number of nitrogens with zero attached hydrogens (tertiary/aromatic N) is 4. The van der Waals surface area contributed by atoms with Gasteiger partial charge < -0.3 is 4.74 Å². The number of fused-ring (bicyclic) bond motifs is 12. The standard InChI is InChI=1S/C56H36N4O/c1-55(2)47-32-36(27-29-39(47)40-30-28-38(57-3)33-48(40)55)35-17-13-18-37(31-35)53-58-52(34-15-5-4-6-16-34)59-54(60-53)42-20-14-24-46-51(42)41-19-7-8-21-43(41)56(46)44-22-9-11-25-49(44)61-50-26-12-10-23-45(50)56/h4-33H,1-2H3. The molecule has 61 heavy (non-hydrogen) atoms. The number of hydrogen-bond acceptors (Lipinski definition) is 4. The summed E-state index contributed by atoms with van der Waals surface area (Å²) in [6, 6.07) is 63.7. The van der Waals surface area contributed by atoms with Crippen LogP contribution in [0.25, 0.3) is 72.4 Å². The third kappa shape index (κ3) is 5.03. The molecule has 5 heteroatoms. The second-order valence-corrected chi connectivity index (χ2v) is 16.6. The maximum absolute atomic E-state index is 7.62. The van der Waals surface area contributed by atoms with Crippen LogP contribution >= 0.6 is 0 Å². The summed E-state index contributed by atoms with van der Waals surface area (Å²) in [6.45, 7) is 12.1. The fraction of sp³-hybridized carbons (Fsp3) is 0.0714. The van der Waals surface area contributed by atoms with Gasteiger partial charge in [-0.3, -0.25) is 0 Å². The Bertz CT molecular complexity index is 3300. The molecule has 0 bridgehead atoms. The summed E-state index contributed by atoms with van der Waals surface area (Å²) in [5.74, 6) is 3.54. The van der Waals surface area contributed by atoms with Gasteiger partial charge in [-0.2, -0.15) is 0 Å². The summed E-state index contributed by atoms with van der Waals surface area (Å²) < 4.78 is 6.59. The molecule has 0 saturated heterocycles. The van der Waals surface area contributed by atoms with Crippen LogP contribution in [0.2, 0.25) is 0 Å². The zero-order valence-corrected chi connectivity index (χ0v) is 33.5. The first-order valence-electron chi connectivity index (χ1n) is 20.6. The van der Waals surface area contributed by atoms with Crippen LogP contribution in [0.4, 0.5) is 5.69 Å². The molecule has 1 aliphatic heterocycles. The largest absolute Gasteiger partial charge is 0.457 e. The molecule has 3 aliphatic rings. The Balaban J connectivity index is 1.04. The highest BCUT2D eigenvalue weighted by molar-refractivity contribution is 5.96. The third-order valence-corrected chi connectivity index (χ3v) is 13.0. The van der Waals surface area contributed by atoms with Crippen LogP contribution in [0.3, 0.4) is 0 Å². The van der Waals surface area contributed by atoms with Gasteiger partial charge in [0.05, 0.1) is 12.0 Å². The van der Waals surface area contributed by atoms with Gasteiger partial charge in [-0.05, 0) is 79.9 Å². The van der Waals surface area contributed by atoms with E-state index in [0.717, 1.165) is 61.6 Å². The molecule has 5 nitrogen and oxygen atoms in total. The average Bonchev–Trinajstić information content (AvgIpc) is 3.74. The molecule has 0 unspecified atom stereocenters. The Labute approximate surface area is 354 Å². The molecule has 12 rings (SSSR count). The van der Waals surface area contributed by atoms with E-state index < -0.39 is 5.41 Å². The predicted molar refractivity (Wildman–Crippen MR) is 243 cm³/mol. The molecule has 9 aromatic rings. The molecule has 2 heterocycles. The van der Waals surface area contributed by atoms with Crippen molar-refractivity contribution in [3.8, 4) is 79.0 Å². The van der Waals surface area contributed by atoms with Crippen LogP contribution in [0, 0.1) is 6.57 Å². The lowest BCUT2D eigenvalue weighted by molar-refractivity contribution is 0.436.